The molecule has 2 fully saturated rings. The van der Waals surface area contributed by atoms with Gasteiger partial charge in [-0.1, -0.05) is 30.3 Å². The van der Waals surface area contributed by atoms with E-state index in [0.717, 1.165) is 6.42 Å². The normalized spacial score (nSPS) is 32.5. The van der Waals surface area contributed by atoms with E-state index in [0.29, 0.717) is 6.42 Å². The van der Waals surface area contributed by atoms with Crippen LogP contribution in [0.1, 0.15) is 25.8 Å². The zero-order valence-electron chi connectivity index (χ0n) is 11.2. The number of ether oxygens (including phenoxy) is 3. The molecule has 1 aromatic rings. The molecule has 3 atom stereocenters. The molecule has 0 bridgehead atoms. The van der Waals surface area contributed by atoms with Gasteiger partial charge in [0, 0.05) is 0 Å². The van der Waals surface area contributed by atoms with Gasteiger partial charge in [-0.15, -0.1) is 0 Å². The number of hydrogen-bond acceptors (Lipinski definition) is 4. The summed E-state index contributed by atoms with van der Waals surface area (Å²) < 4.78 is 16.8. The topological polar surface area (TPSA) is 44.8 Å². The average Bonchev–Trinajstić information content (AvgIpc) is 2.83. The van der Waals surface area contributed by atoms with Gasteiger partial charge >= 0.3 is 0 Å². The number of benzene rings is 1. The second-order valence-electron chi connectivity index (χ2n) is 5.48. The van der Waals surface area contributed by atoms with E-state index in [1.807, 2.05) is 18.2 Å². The molecule has 0 radical (unpaired) electrons. The Balaban J connectivity index is 1.59. The summed E-state index contributed by atoms with van der Waals surface area (Å²) in [5, 5.41) is 0. The third-order valence-corrected chi connectivity index (χ3v) is 3.49. The molecule has 3 rings (SSSR count). The molecule has 0 N–H and O–H groups in total. The van der Waals surface area contributed by atoms with Crippen LogP contribution >= 0.6 is 0 Å². The summed E-state index contributed by atoms with van der Waals surface area (Å²) in [5.74, 6) is -0.721. The Hall–Kier alpha value is -1.23. The highest BCUT2D eigenvalue weighted by Gasteiger charge is 2.53. The van der Waals surface area contributed by atoms with Crippen molar-refractivity contribution >= 4 is 5.78 Å². The van der Waals surface area contributed by atoms with Crippen LogP contribution in [0, 0.1) is 0 Å². The Morgan fingerprint density at radius 3 is 2.58 bits per heavy atom. The molecule has 0 amide bonds. The van der Waals surface area contributed by atoms with Crippen LogP contribution in [0.15, 0.2) is 30.3 Å². The van der Waals surface area contributed by atoms with Crippen LogP contribution < -0.4 is 0 Å². The molecular weight excluding hydrogens is 244 g/mol. The fourth-order valence-corrected chi connectivity index (χ4v) is 2.59. The van der Waals surface area contributed by atoms with Gasteiger partial charge in [-0.25, -0.2) is 0 Å². The SMILES string of the molecule is CC1(C)O[C@H]2O[C@@H](CCc3ccccc3)C(=O)[C@H]2O1. The van der Waals surface area contributed by atoms with Crippen LogP contribution in [-0.2, 0) is 25.4 Å². The second-order valence-corrected chi connectivity index (χ2v) is 5.48. The summed E-state index contributed by atoms with van der Waals surface area (Å²) in [6.45, 7) is 3.59. The van der Waals surface area contributed by atoms with Gasteiger partial charge in [-0.05, 0) is 32.3 Å². The van der Waals surface area contributed by atoms with Gasteiger partial charge in [0.05, 0.1) is 0 Å². The third-order valence-electron chi connectivity index (χ3n) is 3.49. The predicted octanol–water partition coefficient (Wildman–Crippen LogP) is 2.06. The molecule has 19 heavy (non-hydrogen) atoms. The molecule has 0 spiro atoms. The zero-order valence-corrected chi connectivity index (χ0v) is 11.2. The zero-order chi connectivity index (χ0) is 13.5. The van der Waals surface area contributed by atoms with Crippen molar-refractivity contribution in [1.82, 2.24) is 0 Å². The summed E-state index contributed by atoms with van der Waals surface area (Å²) >= 11 is 0. The molecule has 1 aromatic carbocycles. The van der Waals surface area contributed by atoms with Gasteiger partial charge in [0.25, 0.3) is 0 Å². The first-order chi connectivity index (χ1) is 9.05. The van der Waals surface area contributed by atoms with E-state index in [9.17, 15) is 4.79 Å². The Bertz CT molecular complexity index is 468. The van der Waals surface area contributed by atoms with Crippen molar-refractivity contribution in [3.63, 3.8) is 0 Å². The number of carbonyl (C=O) groups is 1. The summed E-state index contributed by atoms with van der Waals surface area (Å²) in [6, 6.07) is 10.1. The van der Waals surface area contributed by atoms with E-state index >= 15 is 0 Å². The fourth-order valence-electron chi connectivity index (χ4n) is 2.59. The lowest BCUT2D eigenvalue weighted by Crippen LogP contribution is -2.30. The van der Waals surface area contributed by atoms with E-state index in [1.54, 1.807) is 13.8 Å². The van der Waals surface area contributed by atoms with Crippen molar-refractivity contribution in [2.24, 2.45) is 0 Å². The van der Waals surface area contributed by atoms with Crippen LogP contribution in [0.3, 0.4) is 0 Å². The monoisotopic (exact) mass is 262 g/mol. The maximum absolute atomic E-state index is 12.2. The Labute approximate surface area is 112 Å². The van der Waals surface area contributed by atoms with Crippen molar-refractivity contribution in [3.8, 4) is 0 Å². The Morgan fingerprint density at radius 2 is 1.89 bits per heavy atom. The summed E-state index contributed by atoms with van der Waals surface area (Å²) in [7, 11) is 0. The molecule has 4 nitrogen and oxygen atoms in total. The first-order valence-electron chi connectivity index (χ1n) is 6.64. The molecular formula is C15H18O4. The lowest BCUT2D eigenvalue weighted by molar-refractivity contribution is -0.205. The van der Waals surface area contributed by atoms with Gasteiger partial charge in [0.15, 0.2) is 24.0 Å². The highest BCUT2D eigenvalue weighted by Crippen LogP contribution is 2.36. The number of Topliss-reactive ketones (excluding diaryl/α,β-unsaturated/α-hetero) is 1. The largest absolute Gasteiger partial charge is 0.338 e. The summed E-state index contributed by atoms with van der Waals surface area (Å²) in [4.78, 5) is 12.2. The number of hydrogen-bond donors (Lipinski definition) is 0. The van der Waals surface area contributed by atoms with E-state index in [4.69, 9.17) is 14.2 Å². The van der Waals surface area contributed by atoms with Crippen LogP contribution in [0.2, 0.25) is 0 Å². The number of ketones is 1. The second kappa shape index (κ2) is 4.71. The molecule has 0 aliphatic carbocycles. The van der Waals surface area contributed by atoms with Crippen LogP contribution in [-0.4, -0.2) is 30.1 Å². The highest BCUT2D eigenvalue weighted by atomic mass is 16.8. The summed E-state index contributed by atoms with van der Waals surface area (Å²) in [5.41, 5.74) is 1.21. The predicted molar refractivity (Wildman–Crippen MR) is 68.5 cm³/mol. The minimum absolute atomic E-state index is 0.00602. The van der Waals surface area contributed by atoms with Crippen molar-refractivity contribution in [3.05, 3.63) is 35.9 Å². The van der Waals surface area contributed by atoms with Crippen LogP contribution in [0.4, 0.5) is 0 Å². The quantitative estimate of drug-likeness (QED) is 0.836. The van der Waals surface area contributed by atoms with Crippen LogP contribution in [0.5, 0.6) is 0 Å². The molecule has 0 aromatic heterocycles. The molecule has 2 aliphatic rings. The molecule has 102 valence electrons. The number of carbonyl (C=O) groups excluding carboxylic acids is 1. The van der Waals surface area contributed by atoms with Gasteiger partial charge in [0.2, 0.25) is 0 Å². The van der Waals surface area contributed by atoms with Gasteiger partial charge in [-0.2, -0.15) is 0 Å². The Morgan fingerprint density at radius 1 is 1.16 bits per heavy atom. The molecule has 4 heteroatoms. The maximum Gasteiger partial charge on any atom is 0.195 e. The fraction of sp³-hybridized carbons (Fsp3) is 0.533. The standard InChI is InChI=1S/C15H18O4/c1-15(2)18-13-12(16)11(17-14(13)19-15)9-8-10-6-4-3-5-7-10/h3-7,11,13-14H,8-9H2,1-2H3/t11-,13+,14+/m0/s1. The van der Waals surface area contributed by atoms with Crippen molar-refractivity contribution in [2.75, 3.05) is 0 Å². The molecule has 2 saturated heterocycles. The summed E-state index contributed by atoms with van der Waals surface area (Å²) in [6.07, 6.45) is -0.0198. The average molecular weight is 262 g/mol. The molecule has 2 aliphatic heterocycles. The first-order valence-corrected chi connectivity index (χ1v) is 6.64. The lowest BCUT2D eigenvalue weighted by atomic mass is 10.0. The molecule has 0 unspecified atom stereocenters. The van der Waals surface area contributed by atoms with Crippen molar-refractivity contribution in [2.45, 2.75) is 51.0 Å². The Kier molecular flexibility index (Phi) is 3.17. The maximum atomic E-state index is 12.2. The molecule has 0 saturated carbocycles. The van der Waals surface area contributed by atoms with E-state index < -0.39 is 24.3 Å². The van der Waals surface area contributed by atoms with Gasteiger partial charge < -0.3 is 14.2 Å². The van der Waals surface area contributed by atoms with E-state index in [-0.39, 0.29) is 5.78 Å². The number of aryl methyl sites for hydroxylation is 1. The number of rotatable bonds is 3. The van der Waals surface area contributed by atoms with Crippen molar-refractivity contribution < 1.29 is 19.0 Å². The van der Waals surface area contributed by atoms with E-state index in [2.05, 4.69) is 12.1 Å². The third kappa shape index (κ3) is 2.56. The lowest BCUT2D eigenvalue weighted by Gasteiger charge is -2.19. The highest BCUT2D eigenvalue weighted by molar-refractivity contribution is 5.89. The smallest absolute Gasteiger partial charge is 0.195 e. The van der Waals surface area contributed by atoms with Crippen molar-refractivity contribution in [1.29, 1.82) is 0 Å². The minimum atomic E-state index is -0.727. The van der Waals surface area contributed by atoms with Crippen LogP contribution in [0.25, 0.3) is 0 Å². The van der Waals surface area contributed by atoms with Gasteiger partial charge in [-0.3, -0.25) is 4.79 Å². The van der Waals surface area contributed by atoms with Gasteiger partial charge in [0.1, 0.15) is 6.10 Å². The first kappa shape index (κ1) is 12.8. The number of fused-ring (bicyclic) bond motifs is 1. The molecule has 2 heterocycles. The van der Waals surface area contributed by atoms with E-state index in [1.165, 1.54) is 5.56 Å². The minimum Gasteiger partial charge on any atom is -0.338 e.